The lowest BCUT2D eigenvalue weighted by Crippen LogP contribution is -2.20. The molecule has 12 heavy (non-hydrogen) atoms. The zero-order chi connectivity index (χ0) is 9.40. The fourth-order valence-electron chi connectivity index (χ4n) is 0.860. The average Bonchev–Trinajstić information content (AvgIpc) is 2.03. The van der Waals surface area contributed by atoms with Gasteiger partial charge < -0.3 is 9.84 Å². The first-order valence-electron chi connectivity index (χ1n) is 4.53. The third kappa shape index (κ3) is 6.16. The number of aliphatic carboxylic acids is 1. The quantitative estimate of drug-likeness (QED) is 0.601. The molecular weight excluding hydrogens is 156 g/mol. The van der Waals surface area contributed by atoms with E-state index in [1.54, 1.807) is 6.92 Å². The minimum atomic E-state index is -0.884. The number of hydrogen-bond donors (Lipinski definition) is 1. The summed E-state index contributed by atoms with van der Waals surface area (Å²) < 4.78 is 5.05. The van der Waals surface area contributed by atoms with Gasteiger partial charge in [0.25, 0.3) is 0 Å². The van der Waals surface area contributed by atoms with Crippen molar-refractivity contribution in [1.82, 2.24) is 0 Å². The van der Waals surface area contributed by atoms with Crippen molar-refractivity contribution < 1.29 is 14.6 Å². The molecule has 0 heterocycles. The highest BCUT2D eigenvalue weighted by atomic mass is 16.5. The monoisotopic (exact) mass is 174 g/mol. The summed E-state index contributed by atoms with van der Waals surface area (Å²) in [4.78, 5) is 10.3. The summed E-state index contributed by atoms with van der Waals surface area (Å²) >= 11 is 0. The molecule has 0 saturated carbocycles. The molecule has 0 bridgehead atoms. The Morgan fingerprint density at radius 3 is 2.58 bits per heavy atom. The molecule has 0 aliphatic heterocycles. The zero-order valence-corrected chi connectivity index (χ0v) is 7.88. The van der Waals surface area contributed by atoms with Crippen molar-refractivity contribution in [3.8, 4) is 0 Å². The molecule has 0 aliphatic rings. The number of rotatable bonds is 7. The van der Waals surface area contributed by atoms with E-state index < -0.39 is 12.1 Å². The molecule has 72 valence electrons. The van der Waals surface area contributed by atoms with Crippen molar-refractivity contribution in [3.63, 3.8) is 0 Å². The lowest BCUT2D eigenvalue weighted by molar-refractivity contribution is -0.149. The Bertz CT molecular complexity index is 123. The summed E-state index contributed by atoms with van der Waals surface area (Å²) in [6, 6.07) is 0. The number of carbonyl (C=O) groups is 1. The van der Waals surface area contributed by atoms with E-state index in [1.807, 2.05) is 0 Å². The molecule has 3 heteroatoms. The van der Waals surface area contributed by atoms with Crippen molar-refractivity contribution in [2.75, 3.05) is 6.61 Å². The third-order valence-electron chi connectivity index (χ3n) is 1.71. The van der Waals surface area contributed by atoms with Crippen LogP contribution >= 0.6 is 0 Å². The van der Waals surface area contributed by atoms with Crippen LogP contribution in [0.4, 0.5) is 0 Å². The van der Waals surface area contributed by atoms with Gasteiger partial charge in [0.15, 0.2) is 6.10 Å². The van der Waals surface area contributed by atoms with Crippen LogP contribution in [0, 0.1) is 0 Å². The molecule has 1 atom stereocenters. The normalized spacial score (nSPS) is 12.8. The average molecular weight is 174 g/mol. The molecule has 1 N–H and O–H groups in total. The van der Waals surface area contributed by atoms with Crippen molar-refractivity contribution in [2.45, 2.75) is 45.6 Å². The van der Waals surface area contributed by atoms with E-state index >= 15 is 0 Å². The van der Waals surface area contributed by atoms with E-state index in [1.165, 1.54) is 12.8 Å². The van der Waals surface area contributed by atoms with Crippen LogP contribution < -0.4 is 0 Å². The van der Waals surface area contributed by atoms with E-state index in [-0.39, 0.29) is 0 Å². The predicted octanol–water partition coefficient (Wildman–Crippen LogP) is 2.06. The highest BCUT2D eigenvalue weighted by Gasteiger charge is 2.09. The molecule has 0 aromatic rings. The minimum Gasteiger partial charge on any atom is -0.479 e. The topological polar surface area (TPSA) is 46.5 Å². The second-order valence-corrected chi connectivity index (χ2v) is 2.91. The van der Waals surface area contributed by atoms with Crippen LogP contribution in [0.25, 0.3) is 0 Å². The highest BCUT2D eigenvalue weighted by Crippen LogP contribution is 2.00. The van der Waals surface area contributed by atoms with E-state index in [9.17, 15) is 4.79 Å². The maximum atomic E-state index is 10.3. The Balaban J connectivity index is 3.14. The molecule has 0 saturated heterocycles. The molecule has 1 unspecified atom stereocenters. The summed E-state index contributed by atoms with van der Waals surface area (Å²) in [6.07, 6.45) is 3.82. The first-order chi connectivity index (χ1) is 5.68. The van der Waals surface area contributed by atoms with Crippen LogP contribution in [0.2, 0.25) is 0 Å². The lowest BCUT2D eigenvalue weighted by atomic mass is 10.2. The van der Waals surface area contributed by atoms with Crippen molar-refractivity contribution in [2.24, 2.45) is 0 Å². The molecule has 3 nitrogen and oxygen atoms in total. The van der Waals surface area contributed by atoms with E-state index in [4.69, 9.17) is 9.84 Å². The maximum Gasteiger partial charge on any atom is 0.332 e. The van der Waals surface area contributed by atoms with Crippen LogP contribution in [0.15, 0.2) is 0 Å². The molecule has 0 aliphatic carbocycles. The number of unbranched alkanes of at least 4 members (excludes halogenated alkanes) is 3. The molecule has 0 aromatic heterocycles. The fourth-order valence-corrected chi connectivity index (χ4v) is 0.860. The SMILES string of the molecule is CCCCCCOC(C)C(=O)O. The van der Waals surface area contributed by atoms with Crippen LogP contribution in [-0.2, 0) is 9.53 Å². The first-order valence-corrected chi connectivity index (χ1v) is 4.53. The minimum absolute atomic E-state index is 0.563. The maximum absolute atomic E-state index is 10.3. The van der Waals surface area contributed by atoms with E-state index in [0.717, 1.165) is 12.8 Å². The molecule has 0 fully saturated rings. The van der Waals surface area contributed by atoms with Crippen molar-refractivity contribution in [3.05, 3.63) is 0 Å². The number of ether oxygens (including phenoxy) is 1. The Morgan fingerprint density at radius 2 is 2.08 bits per heavy atom. The van der Waals surface area contributed by atoms with Gasteiger partial charge in [-0.15, -0.1) is 0 Å². The number of carboxylic acid groups (broad SMARTS) is 1. The van der Waals surface area contributed by atoms with E-state index in [0.29, 0.717) is 6.61 Å². The largest absolute Gasteiger partial charge is 0.479 e. The molecule has 0 radical (unpaired) electrons. The number of hydrogen-bond acceptors (Lipinski definition) is 2. The van der Waals surface area contributed by atoms with Crippen LogP contribution in [0.5, 0.6) is 0 Å². The standard InChI is InChI=1S/C9H18O3/c1-3-4-5-6-7-12-8(2)9(10)11/h8H,3-7H2,1-2H3,(H,10,11). The van der Waals surface area contributed by atoms with Crippen molar-refractivity contribution >= 4 is 5.97 Å². The summed E-state index contributed by atoms with van der Waals surface area (Å²) in [5.41, 5.74) is 0. The predicted molar refractivity (Wildman–Crippen MR) is 47.2 cm³/mol. The van der Waals surface area contributed by atoms with E-state index in [2.05, 4.69) is 6.92 Å². The van der Waals surface area contributed by atoms with Gasteiger partial charge in [-0.25, -0.2) is 4.79 Å². The zero-order valence-electron chi connectivity index (χ0n) is 7.88. The second-order valence-electron chi connectivity index (χ2n) is 2.91. The fraction of sp³-hybridized carbons (Fsp3) is 0.889. The van der Waals surface area contributed by atoms with Gasteiger partial charge in [0.1, 0.15) is 0 Å². The molecule has 0 aromatic carbocycles. The Hall–Kier alpha value is -0.570. The summed E-state index contributed by atoms with van der Waals surface area (Å²) in [5, 5.41) is 8.46. The van der Waals surface area contributed by atoms with Gasteiger partial charge in [-0.05, 0) is 13.3 Å². The van der Waals surface area contributed by atoms with Crippen LogP contribution in [0.3, 0.4) is 0 Å². The smallest absolute Gasteiger partial charge is 0.332 e. The highest BCUT2D eigenvalue weighted by molar-refractivity contribution is 5.71. The van der Waals surface area contributed by atoms with Gasteiger partial charge in [-0.2, -0.15) is 0 Å². The van der Waals surface area contributed by atoms with Crippen molar-refractivity contribution in [1.29, 1.82) is 0 Å². The number of carboxylic acids is 1. The Morgan fingerprint density at radius 1 is 1.42 bits per heavy atom. The van der Waals surface area contributed by atoms with Crippen LogP contribution in [-0.4, -0.2) is 23.8 Å². The van der Waals surface area contributed by atoms with Gasteiger partial charge in [0, 0.05) is 6.61 Å². The van der Waals surface area contributed by atoms with Crippen LogP contribution in [0.1, 0.15) is 39.5 Å². The molecule has 0 amide bonds. The van der Waals surface area contributed by atoms with Gasteiger partial charge in [0.05, 0.1) is 0 Å². The lowest BCUT2D eigenvalue weighted by Gasteiger charge is -2.07. The first kappa shape index (κ1) is 11.4. The summed E-state index contributed by atoms with van der Waals surface area (Å²) in [5.74, 6) is -0.884. The summed E-state index contributed by atoms with van der Waals surface area (Å²) in [6.45, 7) is 4.26. The van der Waals surface area contributed by atoms with Gasteiger partial charge >= 0.3 is 5.97 Å². The third-order valence-corrected chi connectivity index (χ3v) is 1.71. The molecular formula is C9H18O3. The van der Waals surface area contributed by atoms with Gasteiger partial charge in [-0.3, -0.25) is 0 Å². The molecule has 0 spiro atoms. The Kier molecular flexibility index (Phi) is 6.76. The second kappa shape index (κ2) is 7.10. The van der Waals surface area contributed by atoms with Gasteiger partial charge in [0.2, 0.25) is 0 Å². The Labute approximate surface area is 73.7 Å². The van der Waals surface area contributed by atoms with Gasteiger partial charge in [-0.1, -0.05) is 26.2 Å². The summed E-state index contributed by atoms with van der Waals surface area (Å²) in [7, 11) is 0. The molecule has 0 rings (SSSR count).